The minimum absolute atomic E-state index is 0.178. The molecule has 4 rings (SSSR count). The maximum atomic E-state index is 13.0. The topological polar surface area (TPSA) is 104 Å². The summed E-state index contributed by atoms with van der Waals surface area (Å²) in [6.45, 7) is 3.84. The lowest BCUT2D eigenvalue weighted by atomic mass is 10.0. The molecule has 0 aromatic heterocycles. The summed E-state index contributed by atoms with van der Waals surface area (Å²) in [6.07, 6.45) is 0. The fourth-order valence-electron chi connectivity index (χ4n) is 4.05. The molecular weight excluding hydrogens is 440 g/mol. The SMILES string of the molecule is CC(C)[C@@H](C(=O)O)N1Cc2ccc(-c3ccc(NS(=O)(=O)c4ccccc4)cc3)cc2C1=O. The van der Waals surface area contributed by atoms with Crippen LogP contribution >= 0.6 is 0 Å². The molecule has 3 aromatic carbocycles. The highest BCUT2D eigenvalue weighted by Crippen LogP contribution is 2.31. The predicted octanol–water partition coefficient (Wildman–Crippen LogP) is 4.22. The smallest absolute Gasteiger partial charge is 0.326 e. The molecule has 0 unspecified atom stereocenters. The Morgan fingerprint density at radius 2 is 1.61 bits per heavy atom. The number of rotatable bonds is 7. The van der Waals surface area contributed by atoms with Gasteiger partial charge in [0.1, 0.15) is 6.04 Å². The molecule has 8 heteroatoms. The zero-order chi connectivity index (χ0) is 23.8. The van der Waals surface area contributed by atoms with E-state index in [0.717, 1.165) is 16.7 Å². The second-order valence-corrected chi connectivity index (χ2v) is 10.0. The molecule has 33 heavy (non-hydrogen) atoms. The molecule has 0 saturated heterocycles. The van der Waals surface area contributed by atoms with E-state index in [9.17, 15) is 23.1 Å². The molecule has 0 saturated carbocycles. The Hall–Kier alpha value is -3.65. The third-order valence-corrected chi connectivity index (χ3v) is 7.08. The van der Waals surface area contributed by atoms with Gasteiger partial charge in [0.15, 0.2) is 0 Å². The van der Waals surface area contributed by atoms with Gasteiger partial charge in [-0.05, 0) is 52.9 Å². The van der Waals surface area contributed by atoms with E-state index < -0.39 is 22.0 Å². The number of nitrogens with zero attached hydrogens (tertiary/aromatic N) is 1. The van der Waals surface area contributed by atoms with Crippen LogP contribution in [0.15, 0.2) is 77.7 Å². The van der Waals surface area contributed by atoms with E-state index in [1.807, 2.05) is 12.1 Å². The van der Waals surface area contributed by atoms with Gasteiger partial charge in [-0.25, -0.2) is 13.2 Å². The van der Waals surface area contributed by atoms with E-state index >= 15 is 0 Å². The maximum absolute atomic E-state index is 13.0. The zero-order valence-corrected chi connectivity index (χ0v) is 19.0. The first-order valence-electron chi connectivity index (χ1n) is 10.5. The molecule has 0 spiro atoms. The van der Waals surface area contributed by atoms with E-state index in [0.29, 0.717) is 11.3 Å². The van der Waals surface area contributed by atoms with Crippen LogP contribution in [0.5, 0.6) is 0 Å². The van der Waals surface area contributed by atoms with Crippen LogP contribution in [0, 0.1) is 5.92 Å². The Bertz CT molecular complexity index is 1300. The Morgan fingerprint density at radius 3 is 2.21 bits per heavy atom. The molecule has 2 N–H and O–H groups in total. The third-order valence-electron chi connectivity index (χ3n) is 5.69. The molecule has 0 bridgehead atoms. The lowest BCUT2D eigenvalue weighted by Gasteiger charge is -2.27. The monoisotopic (exact) mass is 464 g/mol. The molecule has 0 aliphatic carbocycles. The summed E-state index contributed by atoms with van der Waals surface area (Å²) in [6, 6.07) is 19.6. The average Bonchev–Trinajstić information content (AvgIpc) is 3.09. The quantitative estimate of drug-likeness (QED) is 0.545. The van der Waals surface area contributed by atoms with Crippen LogP contribution in [0.25, 0.3) is 11.1 Å². The van der Waals surface area contributed by atoms with Crippen LogP contribution in [-0.2, 0) is 21.4 Å². The van der Waals surface area contributed by atoms with Crippen LogP contribution in [0.2, 0.25) is 0 Å². The summed E-state index contributed by atoms with van der Waals surface area (Å²) in [5.41, 5.74) is 3.31. The largest absolute Gasteiger partial charge is 0.480 e. The second-order valence-electron chi connectivity index (χ2n) is 8.33. The molecule has 170 valence electrons. The number of nitrogens with one attached hydrogen (secondary N) is 1. The van der Waals surface area contributed by atoms with Crippen LogP contribution in [0.3, 0.4) is 0 Å². The predicted molar refractivity (Wildman–Crippen MR) is 125 cm³/mol. The Labute approximate surface area is 192 Å². The highest BCUT2D eigenvalue weighted by atomic mass is 32.2. The summed E-state index contributed by atoms with van der Waals surface area (Å²) < 4.78 is 27.6. The van der Waals surface area contributed by atoms with Crippen LogP contribution < -0.4 is 4.72 Å². The van der Waals surface area contributed by atoms with Gasteiger partial charge in [-0.1, -0.05) is 56.3 Å². The van der Waals surface area contributed by atoms with Crippen molar-refractivity contribution in [1.29, 1.82) is 0 Å². The molecule has 1 aliphatic rings. The molecule has 1 heterocycles. The number of carboxylic acid groups (broad SMARTS) is 1. The number of anilines is 1. The molecule has 7 nitrogen and oxygen atoms in total. The molecular formula is C25H24N2O5S. The molecule has 1 amide bonds. The number of carboxylic acids is 1. The van der Waals surface area contributed by atoms with Crippen molar-refractivity contribution in [2.45, 2.75) is 31.3 Å². The van der Waals surface area contributed by atoms with Crippen molar-refractivity contribution in [2.75, 3.05) is 4.72 Å². The number of carbonyl (C=O) groups is 2. The second kappa shape index (κ2) is 8.71. The molecule has 1 aliphatic heterocycles. The summed E-state index contributed by atoms with van der Waals surface area (Å²) in [7, 11) is -3.68. The fourth-order valence-corrected chi connectivity index (χ4v) is 5.13. The number of hydrogen-bond donors (Lipinski definition) is 2. The minimum Gasteiger partial charge on any atom is -0.480 e. The minimum atomic E-state index is -3.68. The van der Waals surface area contributed by atoms with E-state index in [4.69, 9.17) is 0 Å². The lowest BCUT2D eigenvalue weighted by molar-refractivity contribution is -0.144. The molecule has 0 fully saturated rings. The normalized spacial score (nSPS) is 14.3. The van der Waals surface area contributed by atoms with E-state index in [2.05, 4.69) is 4.72 Å². The Kier molecular flexibility index (Phi) is 5.95. The highest BCUT2D eigenvalue weighted by molar-refractivity contribution is 7.92. The first-order chi connectivity index (χ1) is 15.7. The van der Waals surface area contributed by atoms with Gasteiger partial charge in [-0.2, -0.15) is 0 Å². The summed E-state index contributed by atoms with van der Waals surface area (Å²) in [5.74, 6) is -1.52. The molecule has 3 aromatic rings. The van der Waals surface area contributed by atoms with Crippen LogP contribution in [0.4, 0.5) is 5.69 Å². The van der Waals surface area contributed by atoms with Gasteiger partial charge in [0, 0.05) is 17.8 Å². The molecule has 1 atom stereocenters. The summed E-state index contributed by atoms with van der Waals surface area (Å²) in [4.78, 5) is 26.2. The number of aliphatic carboxylic acids is 1. The average molecular weight is 465 g/mol. The van der Waals surface area contributed by atoms with Gasteiger partial charge in [0.25, 0.3) is 15.9 Å². The first-order valence-corrected chi connectivity index (χ1v) is 12.0. The van der Waals surface area contributed by atoms with Crippen molar-refractivity contribution in [2.24, 2.45) is 5.92 Å². The van der Waals surface area contributed by atoms with Gasteiger partial charge >= 0.3 is 5.97 Å². The van der Waals surface area contributed by atoms with Crippen LogP contribution in [0.1, 0.15) is 29.8 Å². The van der Waals surface area contributed by atoms with Gasteiger partial charge in [-0.15, -0.1) is 0 Å². The summed E-state index contributed by atoms with van der Waals surface area (Å²) in [5, 5.41) is 9.57. The number of amides is 1. The number of carbonyl (C=O) groups excluding carboxylic acids is 1. The van der Waals surface area contributed by atoms with Gasteiger partial charge < -0.3 is 10.0 Å². The van der Waals surface area contributed by atoms with Gasteiger partial charge in [-0.3, -0.25) is 9.52 Å². The van der Waals surface area contributed by atoms with Crippen LogP contribution in [-0.4, -0.2) is 36.3 Å². The van der Waals surface area contributed by atoms with Crippen molar-refractivity contribution >= 4 is 27.6 Å². The number of hydrogen-bond acceptors (Lipinski definition) is 4. The van der Waals surface area contributed by atoms with Crippen molar-refractivity contribution in [3.63, 3.8) is 0 Å². The van der Waals surface area contributed by atoms with E-state index in [1.54, 1.807) is 62.4 Å². The Balaban J connectivity index is 1.55. The number of sulfonamides is 1. The molecule has 0 radical (unpaired) electrons. The maximum Gasteiger partial charge on any atom is 0.326 e. The van der Waals surface area contributed by atoms with Crippen molar-refractivity contribution in [3.8, 4) is 11.1 Å². The summed E-state index contributed by atoms with van der Waals surface area (Å²) >= 11 is 0. The van der Waals surface area contributed by atoms with Crippen molar-refractivity contribution in [1.82, 2.24) is 4.90 Å². The van der Waals surface area contributed by atoms with Crippen molar-refractivity contribution < 1.29 is 23.1 Å². The Morgan fingerprint density at radius 1 is 0.970 bits per heavy atom. The third kappa shape index (κ3) is 4.47. The number of fused-ring (bicyclic) bond motifs is 1. The van der Waals surface area contributed by atoms with Gasteiger partial charge in [0.2, 0.25) is 0 Å². The van der Waals surface area contributed by atoms with E-state index in [1.165, 1.54) is 17.0 Å². The van der Waals surface area contributed by atoms with E-state index in [-0.39, 0.29) is 23.3 Å². The lowest BCUT2D eigenvalue weighted by Crippen LogP contribution is -2.44. The fraction of sp³-hybridized carbons (Fsp3) is 0.200. The highest BCUT2D eigenvalue weighted by Gasteiger charge is 2.38. The van der Waals surface area contributed by atoms with Gasteiger partial charge in [0.05, 0.1) is 4.90 Å². The van der Waals surface area contributed by atoms with Crippen molar-refractivity contribution in [3.05, 3.63) is 83.9 Å². The number of benzene rings is 3. The zero-order valence-electron chi connectivity index (χ0n) is 18.2. The first kappa shape index (κ1) is 22.5. The standard InChI is InChI=1S/C25H24N2O5S/c1-16(2)23(25(29)30)27-15-19-9-8-18(14-22(19)24(27)28)17-10-12-20(13-11-17)26-33(31,32)21-6-4-3-5-7-21/h3-14,16,23,26H,15H2,1-2H3,(H,29,30)/t23-/m0/s1.